The lowest BCUT2D eigenvalue weighted by Crippen LogP contribution is -2.48. The number of rotatable bonds is 7. The van der Waals surface area contributed by atoms with Crippen LogP contribution < -0.4 is 15.8 Å². The number of benzene rings is 2. The second kappa shape index (κ2) is 10.3. The Morgan fingerprint density at radius 1 is 1.09 bits per heavy atom. The molecule has 0 aliphatic carbocycles. The number of halogens is 1. The van der Waals surface area contributed by atoms with Crippen molar-refractivity contribution in [3.63, 3.8) is 0 Å². The van der Waals surface area contributed by atoms with E-state index in [9.17, 15) is 9.59 Å². The highest BCUT2D eigenvalue weighted by atomic mass is 79.9. The molecule has 3 aromatic rings. The average molecular weight is 498 g/mol. The van der Waals surface area contributed by atoms with Crippen LogP contribution in [0, 0.1) is 6.92 Å². The Bertz CT molecular complexity index is 1150. The van der Waals surface area contributed by atoms with Crippen LogP contribution in [0.2, 0.25) is 0 Å². The van der Waals surface area contributed by atoms with Gasteiger partial charge in [-0.2, -0.15) is 0 Å². The van der Waals surface area contributed by atoms with E-state index in [1.807, 2.05) is 6.07 Å². The third kappa shape index (κ3) is 5.55. The third-order valence-electron chi connectivity index (χ3n) is 5.86. The minimum atomic E-state index is -0.129. The average Bonchev–Trinajstić information content (AvgIpc) is 2.79. The van der Waals surface area contributed by atoms with E-state index >= 15 is 0 Å². The molecule has 32 heavy (non-hydrogen) atoms. The fourth-order valence-electron chi connectivity index (χ4n) is 4.01. The molecule has 8 heteroatoms. The first-order valence-corrected chi connectivity index (χ1v) is 11.7. The molecule has 2 aromatic carbocycles. The van der Waals surface area contributed by atoms with Crippen LogP contribution in [-0.4, -0.2) is 59.6 Å². The van der Waals surface area contributed by atoms with Crippen molar-refractivity contribution >= 4 is 38.4 Å². The summed E-state index contributed by atoms with van der Waals surface area (Å²) in [6, 6.07) is 14.0. The summed E-state index contributed by atoms with van der Waals surface area (Å²) in [5.74, 6) is -0.0513. The molecule has 1 amide bonds. The number of piperazine rings is 1. The van der Waals surface area contributed by atoms with Gasteiger partial charge in [-0.25, -0.2) is 4.98 Å². The van der Waals surface area contributed by atoms with Crippen LogP contribution in [0.3, 0.4) is 0 Å². The fourth-order valence-corrected chi connectivity index (χ4v) is 4.37. The monoisotopic (exact) mass is 497 g/mol. The molecule has 4 rings (SSSR count). The molecule has 1 aliphatic heterocycles. The van der Waals surface area contributed by atoms with Crippen LogP contribution in [0.25, 0.3) is 10.9 Å². The number of carbonyl (C=O) groups excluding carboxylic acids is 1. The Balaban J connectivity index is 1.20. The van der Waals surface area contributed by atoms with E-state index < -0.39 is 0 Å². The summed E-state index contributed by atoms with van der Waals surface area (Å²) in [5.41, 5.74) is 3.09. The molecule has 0 spiro atoms. The minimum absolute atomic E-state index is 0.0513. The predicted molar refractivity (Wildman–Crippen MR) is 131 cm³/mol. The molecular weight excluding hydrogens is 470 g/mol. The molecular formula is C24H28BrN5O2. The molecule has 1 N–H and O–H groups in total. The maximum Gasteiger partial charge on any atom is 0.261 e. The Labute approximate surface area is 196 Å². The number of hydrogen-bond donors (Lipinski definition) is 1. The van der Waals surface area contributed by atoms with Gasteiger partial charge in [-0.1, -0.05) is 28.1 Å². The van der Waals surface area contributed by atoms with Gasteiger partial charge in [-0.05, 0) is 42.8 Å². The van der Waals surface area contributed by atoms with Gasteiger partial charge < -0.3 is 10.2 Å². The summed E-state index contributed by atoms with van der Waals surface area (Å²) in [5, 5.41) is 3.53. The topological polar surface area (TPSA) is 70.5 Å². The van der Waals surface area contributed by atoms with Crippen LogP contribution in [0.15, 0.2) is 58.1 Å². The number of nitrogens with zero attached hydrogens (tertiary/aromatic N) is 4. The van der Waals surface area contributed by atoms with Crippen molar-refractivity contribution < 1.29 is 4.79 Å². The van der Waals surface area contributed by atoms with Crippen LogP contribution >= 0.6 is 15.9 Å². The van der Waals surface area contributed by atoms with Crippen molar-refractivity contribution in [2.75, 3.05) is 44.2 Å². The number of hydrogen-bond acceptors (Lipinski definition) is 5. The zero-order valence-corrected chi connectivity index (χ0v) is 19.8. The SMILES string of the molecule is Cc1cccc(N2CCN(CCNC(=O)CCn3cnc4ccc(Br)cc4c3=O)CC2)c1. The van der Waals surface area contributed by atoms with Gasteiger partial charge in [0, 0.05) is 62.4 Å². The van der Waals surface area contributed by atoms with E-state index in [0.29, 0.717) is 24.0 Å². The normalized spacial score (nSPS) is 14.6. The molecule has 0 bridgehead atoms. The maximum absolute atomic E-state index is 12.6. The maximum atomic E-state index is 12.6. The quantitative estimate of drug-likeness (QED) is 0.543. The molecule has 1 fully saturated rings. The van der Waals surface area contributed by atoms with Crippen molar-refractivity contribution in [2.24, 2.45) is 0 Å². The van der Waals surface area contributed by atoms with Crippen LogP contribution in [-0.2, 0) is 11.3 Å². The summed E-state index contributed by atoms with van der Waals surface area (Å²) < 4.78 is 2.33. The van der Waals surface area contributed by atoms with Gasteiger partial charge in [0.15, 0.2) is 0 Å². The predicted octanol–water partition coefficient (Wildman–Crippen LogP) is 2.80. The lowest BCUT2D eigenvalue weighted by Gasteiger charge is -2.36. The van der Waals surface area contributed by atoms with Gasteiger partial charge in [0.25, 0.3) is 5.56 Å². The van der Waals surface area contributed by atoms with Crippen molar-refractivity contribution in [2.45, 2.75) is 19.9 Å². The standard InChI is InChI=1S/C24H28BrN5O2/c1-18-3-2-4-20(15-18)29-13-11-28(12-14-29)10-8-26-23(31)7-9-30-17-27-22-6-5-19(25)16-21(22)24(30)32/h2-6,15-17H,7-14H2,1H3,(H,26,31). The van der Waals surface area contributed by atoms with E-state index in [4.69, 9.17) is 0 Å². The molecule has 1 aliphatic rings. The second-order valence-corrected chi connectivity index (χ2v) is 9.09. The van der Waals surface area contributed by atoms with Crippen molar-refractivity contribution in [3.05, 3.63) is 69.2 Å². The van der Waals surface area contributed by atoms with Crippen LogP contribution in [0.4, 0.5) is 5.69 Å². The van der Waals surface area contributed by atoms with Gasteiger partial charge in [-0.15, -0.1) is 0 Å². The second-order valence-electron chi connectivity index (χ2n) is 8.17. The molecule has 1 saturated heterocycles. The Morgan fingerprint density at radius 2 is 1.91 bits per heavy atom. The summed E-state index contributed by atoms with van der Waals surface area (Å²) in [6.07, 6.45) is 1.77. The third-order valence-corrected chi connectivity index (χ3v) is 6.35. The lowest BCUT2D eigenvalue weighted by molar-refractivity contribution is -0.121. The first-order chi connectivity index (χ1) is 15.5. The van der Waals surface area contributed by atoms with E-state index in [2.05, 4.69) is 67.2 Å². The summed E-state index contributed by atoms with van der Waals surface area (Å²) >= 11 is 3.39. The molecule has 0 atom stereocenters. The molecule has 0 radical (unpaired) electrons. The molecule has 0 saturated carbocycles. The van der Waals surface area contributed by atoms with Crippen LogP contribution in [0.1, 0.15) is 12.0 Å². The highest BCUT2D eigenvalue weighted by molar-refractivity contribution is 9.10. The number of anilines is 1. The summed E-state index contributed by atoms with van der Waals surface area (Å²) in [6.45, 7) is 7.83. The zero-order valence-electron chi connectivity index (χ0n) is 18.3. The number of amides is 1. The number of fused-ring (bicyclic) bond motifs is 1. The fraction of sp³-hybridized carbons (Fsp3) is 0.375. The van der Waals surface area contributed by atoms with Gasteiger partial charge in [-0.3, -0.25) is 19.1 Å². The van der Waals surface area contributed by atoms with Crippen LogP contribution in [0.5, 0.6) is 0 Å². The smallest absolute Gasteiger partial charge is 0.261 e. The highest BCUT2D eigenvalue weighted by Crippen LogP contribution is 2.17. The first kappa shape index (κ1) is 22.5. The minimum Gasteiger partial charge on any atom is -0.369 e. The van der Waals surface area contributed by atoms with Crippen molar-refractivity contribution in [1.29, 1.82) is 0 Å². The van der Waals surface area contributed by atoms with E-state index in [0.717, 1.165) is 37.2 Å². The molecule has 168 valence electrons. The molecule has 7 nitrogen and oxygen atoms in total. The lowest BCUT2D eigenvalue weighted by atomic mass is 10.2. The Kier molecular flexibility index (Phi) is 7.22. The molecule has 1 aromatic heterocycles. The summed E-state index contributed by atoms with van der Waals surface area (Å²) in [7, 11) is 0. The molecule has 2 heterocycles. The van der Waals surface area contributed by atoms with Gasteiger partial charge in [0.1, 0.15) is 0 Å². The Hall–Kier alpha value is -2.71. The number of nitrogens with one attached hydrogen (secondary N) is 1. The molecule has 0 unspecified atom stereocenters. The summed E-state index contributed by atoms with van der Waals surface area (Å²) in [4.78, 5) is 34.0. The highest BCUT2D eigenvalue weighted by Gasteiger charge is 2.17. The van der Waals surface area contributed by atoms with Gasteiger partial charge in [0.2, 0.25) is 5.91 Å². The van der Waals surface area contributed by atoms with Crippen molar-refractivity contribution in [1.82, 2.24) is 19.8 Å². The van der Waals surface area contributed by atoms with Gasteiger partial charge in [0.05, 0.1) is 17.2 Å². The Morgan fingerprint density at radius 3 is 2.69 bits per heavy atom. The first-order valence-electron chi connectivity index (χ1n) is 10.9. The van der Waals surface area contributed by atoms with Gasteiger partial charge >= 0.3 is 0 Å². The number of aryl methyl sites for hydroxylation is 2. The van der Waals surface area contributed by atoms with E-state index in [-0.39, 0.29) is 17.9 Å². The van der Waals surface area contributed by atoms with E-state index in [1.165, 1.54) is 22.1 Å². The number of carbonyl (C=O) groups is 1. The number of aromatic nitrogens is 2. The largest absolute Gasteiger partial charge is 0.369 e. The van der Waals surface area contributed by atoms with E-state index in [1.54, 1.807) is 12.1 Å². The van der Waals surface area contributed by atoms with Crippen molar-refractivity contribution in [3.8, 4) is 0 Å². The zero-order chi connectivity index (χ0) is 22.5.